The van der Waals surface area contributed by atoms with Crippen LogP contribution in [0.25, 0.3) is 0 Å². The van der Waals surface area contributed by atoms with Gasteiger partial charge in [-0.05, 0) is 49.9 Å². The number of carbonyl (C=O) groups is 1. The number of benzene rings is 2. The van der Waals surface area contributed by atoms with Crippen molar-refractivity contribution in [3.05, 3.63) is 59.9 Å². The van der Waals surface area contributed by atoms with E-state index in [1.54, 1.807) is 4.90 Å². The zero-order valence-electron chi connectivity index (χ0n) is 19.4. The monoisotopic (exact) mass is 505 g/mol. The highest BCUT2D eigenvalue weighted by Gasteiger charge is 2.40. The number of nitrogens with one attached hydrogen (secondary N) is 1. The van der Waals surface area contributed by atoms with E-state index in [0.717, 1.165) is 31.5 Å². The van der Waals surface area contributed by atoms with Crippen molar-refractivity contribution in [1.29, 1.82) is 0 Å². The molecule has 1 aliphatic rings. The lowest BCUT2D eigenvalue weighted by Gasteiger charge is -2.40. The van der Waals surface area contributed by atoms with Gasteiger partial charge in [-0.3, -0.25) is 0 Å². The Kier molecular flexibility index (Phi) is 8.13. The third kappa shape index (κ3) is 6.85. The second kappa shape index (κ2) is 10.5. The van der Waals surface area contributed by atoms with E-state index in [4.69, 9.17) is 0 Å². The van der Waals surface area contributed by atoms with Gasteiger partial charge in [-0.15, -0.1) is 15.5 Å². The molecule has 1 fully saturated rings. The molecule has 34 heavy (non-hydrogen) atoms. The molecule has 0 radical (unpaired) electrons. The molecule has 2 amide bonds. The molecular formula is C24H32F5N3OS. The molecule has 1 unspecified atom stereocenters. The molecule has 3 rings (SSSR count). The fraction of sp³-hybridized carbons (Fsp3) is 0.458. The summed E-state index contributed by atoms with van der Waals surface area (Å²) in [5.41, 5.74) is 0.160. The first-order chi connectivity index (χ1) is 15.9. The fourth-order valence-corrected chi connectivity index (χ4v) is 5.02. The minimum absolute atomic E-state index is 0.166. The minimum atomic E-state index is -8.10. The van der Waals surface area contributed by atoms with Crippen LogP contribution in [0.4, 0.5) is 30.4 Å². The zero-order chi connectivity index (χ0) is 25.0. The smallest absolute Gasteiger partial charge is 0.317 e. The van der Waals surface area contributed by atoms with Crippen LogP contribution in [0.2, 0.25) is 0 Å². The number of nitrogens with zero attached hydrogens (tertiary/aromatic N) is 2. The lowest BCUT2D eigenvalue weighted by Crippen LogP contribution is -2.50. The summed E-state index contributed by atoms with van der Waals surface area (Å²) in [4.78, 5) is 15.5. The second-order valence-electron chi connectivity index (χ2n) is 8.83. The summed E-state index contributed by atoms with van der Waals surface area (Å²) in [6.45, 7) is 6.11. The van der Waals surface area contributed by atoms with E-state index >= 15 is 0 Å². The normalized spacial score (nSPS) is 17.6. The summed E-state index contributed by atoms with van der Waals surface area (Å²) in [6.07, 6.45) is 3.54. The number of anilines is 1. The predicted molar refractivity (Wildman–Crippen MR) is 128 cm³/mol. The van der Waals surface area contributed by atoms with Gasteiger partial charge in [0, 0.05) is 31.7 Å². The van der Waals surface area contributed by atoms with Crippen molar-refractivity contribution in [3.63, 3.8) is 0 Å². The summed E-state index contributed by atoms with van der Waals surface area (Å²) >= 11 is 0. The molecule has 0 bridgehead atoms. The molecule has 1 atom stereocenters. The highest BCUT2D eigenvalue weighted by atomic mass is 32.4. The van der Waals surface area contributed by atoms with Crippen molar-refractivity contribution in [3.8, 4) is 0 Å². The molecule has 0 aliphatic carbocycles. The number of hydrogen-bond donors (Lipinski definition) is 2. The maximum Gasteiger partial charge on any atom is 0.322 e. The molecule has 0 spiro atoms. The minimum Gasteiger partial charge on any atom is -0.317 e. The van der Waals surface area contributed by atoms with Crippen LogP contribution in [0.15, 0.2) is 53.4 Å². The first-order valence-electron chi connectivity index (χ1n) is 11.5. The molecule has 1 aliphatic heterocycles. The van der Waals surface area contributed by atoms with Gasteiger partial charge >= 0.3 is 6.03 Å². The molecule has 10 heteroatoms. The average Bonchev–Trinajstić information content (AvgIpc) is 2.78. The summed E-state index contributed by atoms with van der Waals surface area (Å²) in [7, 11) is -8.10. The number of likely N-dealkylation sites (tertiary alicyclic amines) is 1. The van der Waals surface area contributed by atoms with Gasteiger partial charge in [0.05, 0.1) is 10.6 Å². The van der Waals surface area contributed by atoms with Crippen molar-refractivity contribution >= 4 is 22.4 Å². The summed E-state index contributed by atoms with van der Waals surface area (Å²) < 4.78 is 67.2. The Balaban J connectivity index is 1.80. The third-order valence-electron chi connectivity index (χ3n) is 6.31. The first kappa shape index (κ1) is 26.3. The van der Waals surface area contributed by atoms with Gasteiger partial charge in [0.2, 0.25) is 0 Å². The van der Waals surface area contributed by atoms with E-state index in [0.29, 0.717) is 37.1 Å². The molecule has 4 nitrogen and oxygen atoms in total. The SMILES string of the molecule is CCCC(C)N1CCC(N(Cc2ccccc2)C(=O)Nc2cc([SH](F)(F)(F)F)ccc2F)CC1. The molecule has 0 saturated carbocycles. The molecule has 1 saturated heterocycles. The van der Waals surface area contributed by atoms with Crippen LogP contribution in [0.3, 0.4) is 0 Å². The van der Waals surface area contributed by atoms with Gasteiger partial charge < -0.3 is 15.1 Å². The summed E-state index contributed by atoms with van der Waals surface area (Å²) in [6, 6.07) is 9.97. The number of urea groups is 1. The average molecular weight is 506 g/mol. The number of hydrogen-bond acceptors (Lipinski definition) is 2. The number of thiol groups is 1. The number of carbonyl (C=O) groups excluding carboxylic acids is 1. The molecular weight excluding hydrogens is 473 g/mol. The van der Waals surface area contributed by atoms with Crippen molar-refractivity contribution < 1.29 is 24.7 Å². The molecule has 0 aromatic heterocycles. The van der Waals surface area contributed by atoms with E-state index < -0.39 is 33.1 Å². The number of piperidine rings is 1. The maximum atomic E-state index is 14.3. The van der Waals surface area contributed by atoms with Gasteiger partial charge in [-0.25, -0.2) is 9.18 Å². The van der Waals surface area contributed by atoms with Gasteiger partial charge in [0.25, 0.3) is 0 Å². The number of halogens is 5. The van der Waals surface area contributed by atoms with E-state index in [1.807, 2.05) is 30.3 Å². The summed E-state index contributed by atoms with van der Waals surface area (Å²) in [5.74, 6) is -1.06. The van der Waals surface area contributed by atoms with Crippen molar-refractivity contribution in [1.82, 2.24) is 9.80 Å². The third-order valence-corrected chi connectivity index (χ3v) is 7.37. The predicted octanol–water partition coefficient (Wildman–Crippen LogP) is 7.48. The molecule has 190 valence electrons. The van der Waals surface area contributed by atoms with Crippen molar-refractivity contribution in [2.75, 3.05) is 18.4 Å². The Morgan fingerprint density at radius 1 is 1.12 bits per heavy atom. The highest BCUT2D eigenvalue weighted by molar-refractivity contribution is 8.33. The van der Waals surface area contributed by atoms with Crippen LogP contribution in [0.5, 0.6) is 0 Å². The van der Waals surface area contributed by atoms with Gasteiger partial charge in [0.15, 0.2) is 10.7 Å². The maximum absolute atomic E-state index is 14.3. The summed E-state index contributed by atoms with van der Waals surface area (Å²) in [5, 5.41) is 2.26. The molecule has 1 N–H and O–H groups in total. The van der Waals surface area contributed by atoms with E-state index in [2.05, 4.69) is 24.1 Å². The fourth-order valence-electron chi connectivity index (χ4n) is 4.39. The Hall–Kier alpha value is -2.33. The van der Waals surface area contributed by atoms with Crippen LogP contribution in [-0.2, 0) is 6.54 Å². The van der Waals surface area contributed by atoms with Crippen LogP contribution < -0.4 is 5.32 Å². The van der Waals surface area contributed by atoms with E-state index in [9.17, 15) is 24.7 Å². The zero-order valence-corrected chi connectivity index (χ0v) is 20.3. The van der Waals surface area contributed by atoms with Gasteiger partial charge in [-0.2, -0.15) is 0 Å². The van der Waals surface area contributed by atoms with E-state index in [1.165, 1.54) is 0 Å². The van der Waals surface area contributed by atoms with E-state index in [-0.39, 0.29) is 12.6 Å². The van der Waals surface area contributed by atoms with Crippen molar-refractivity contribution in [2.45, 2.75) is 63.1 Å². The highest BCUT2D eigenvalue weighted by Crippen LogP contribution is 2.82. The number of rotatable bonds is 8. The topological polar surface area (TPSA) is 35.6 Å². The lowest BCUT2D eigenvalue weighted by atomic mass is 10.00. The molecule has 2 aromatic rings. The second-order valence-corrected chi connectivity index (χ2v) is 10.8. The van der Waals surface area contributed by atoms with Crippen LogP contribution in [0, 0.1) is 5.82 Å². The quantitative estimate of drug-likeness (QED) is 0.288. The molecule has 1 heterocycles. The number of amides is 2. The van der Waals surface area contributed by atoms with Gasteiger partial charge in [0.1, 0.15) is 5.82 Å². The van der Waals surface area contributed by atoms with Crippen LogP contribution >= 0.6 is 10.7 Å². The van der Waals surface area contributed by atoms with Gasteiger partial charge in [-0.1, -0.05) is 43.7 Å². The lowest BCUT2D eigenvalue weighted by molar-refractivity contribution is 0.0989. The van der Waals surface area contributed by atoms with Crippen LogP contribution in [0.1, 0.15) is 45.1 Å². The first-order valence-corrected chi connectivity index (χ1v) is 13.3. The Bertz CT molecular complexity index is 968. The Labute approximate surface area is 198 Å². The standard InChI is InChI=1S/C24H32F5N3OS/c1-3-7-18(2)31-14-12-20(13-15-31)32(17-19-8-5-4-6-9-19)24(33)30-23-16-21(10-11-22(23)25)34(26,27,28)29/h4-6,8-11,16,18,20,34H,3,7,12-15,17H2,1-2H3,(H,30,33). The Morgan fingerprint density at radius 3 is 2.35 bits per heavy atom. The Morgan fingerprint density at radius 2 is 1.76 bits per heavy atom. The van der Waals surface area contributed by atoms with Crippen LogP contribution in [-0.4, -0.2) is 41.0 Å². The molecule has 2 aromatic carbocycles. The largest absolute Gasteiger partial charge is 0.322 e. The van der Waals surface area contributed by atoms with Crippen molar-refractivity contribution in [2.24, 2.45) is 0 Å².